The van der Waals surface area contributed by atoms with Gasteiger partial charge >= 0.3 is 11.9 Å². The Labute approximate surface area is 228 Å². The summed E-state index contributed by atoms with van der Waals surface area (Å²) in [5.41, 5.74) is 1.87. The number of benzene rings is 2. The van der Waals surface area contributed by atoms with Crippen LogP contribution in [0.1, 0.15) is 55.2 Å². The number of pyridine rings is 1. The molecule has 9 heteroatoms. The smallest absolute Gasteiger partial charge is 0.328 e. The number of hydrogen-bond acceptors (Lipinski definition) is 8. The number of methoxy groups -OCH3 is 1. The van der Waals surface area contributed by atoms with Crippen LogP contribution in [0, 0.1) is 5.92 Å². The quantitative estimate of drug-likeness (QED) is 0.267. The molecule has 206 valence electrons. The summed E-state index contributed by atoms with van der Waals surface area (Å²) in [5, 5.41) is 2.61. The molecule has 0 spiro atoms. The van der Waals surface area contributed by atoms with Gasteiger partial charge < -0.3 is 24.3 Å². The van der Waals surface area contributed by atoms with Gasteiger partial charge in [0.25, 0.3) is 5.91 Å². The van der Waals surface area contributed by atoms with Gasteiger partial charge in [-0.15, -0.1) is 0 Å². The molecule has 39 heavy (non-hydrogen) atoms. The molecule has 0 radical (unpaired) electrons. The monoisotopic (exact) mass is 534 g/mol. The Balaban J connectivity index is 1.71. The van der Waals surface area contributed by atoms with Crippen molar-refractivity contribution in [3.05, 3.63) is 89.7 Å². The second-order valence-corrected chi connectivity index (χ2v) is 9.21. The summed E-state index contributed by atoms with van der Waals surface area (Å²) in [7, 11) is 1.40. The molecule has 9 nitrogen and oxygen atoms in total. The Bertz CT molecular complexity index is 1210. The van der Waals surface area contributed by atoms with Crippen molar-refractivity contribution in [3.63, 3.8) is 0 Å². The van der Waals surface area contributed by atoms with E-state index in [0.29, 0.717) is 0 Å². The van der Waals surface area contributed by atoms with Crippen LogP contribution in [-0.4, -0.2) is 48.9 Å². The van der Waals surface area contributed by atoms with Crippen molar-refractivity contribution in [2.75, 3.05) is 13.9 Å². The first kappa shape index (κ1) is 29.2. The number of amides is 1. The summed E-state index contributed by atoms with van der Waals surface area (Å²) in [6, 6.07) is 20.1. The van der Waals surface area contributed by atoms with Gasteiger partial charge in [0.2, 0.25) is 6.79 Å². The van der Waals surface area contributed by atoms with E-state index in [1.54, 1.807) is 13.8 Å². The zero-order valence-corrected chi connectivity index (χ0v) is 22.7. The van der Waals surface area contributed by atoms with Crippen LogP contribution in [-0.2, 0) is 19.1 Å². The number of rotatable bonds is 12. The molecule has 1 N–H and O–H groups in total. The van der Waals surface area contributed by atoms with E-state index in [4.69, 9.17) is 18.9 Å². The lowest BCUT2D eigenvalue weighted by Crippen LogP contribution is -2.41. The fourth-order valence-electron chi connectivity index (χ4n) is 3.94. The van der Waals surface area contributed by atoms with Crippen molar-refractivity contribution >= 4 is 17.8 Å². The number of nitrogens with zero attached hydrogens (tertiary/aromatic N) is 1. The van der Waals surface area contributed by atoms with E-state index in [0.717, 1.165) is 11.1 Å². The van der Waals surface area contributed by atoms with Gasteiger partial charge in [-0.25, -0.2) is 9.78 Å². The molecule has 0 saturated carbocycles. The molecule has 0 saturated heterocycles. The lowest BCUT2D eigenvalue weighted by molar-refractivity contribution is -0.154. The third-order valence-electron chi connectivity index (χ3n) is 5.97. The molecule has 1 amide bonds. The minimum Gasteiger partial charge on any atom is -0.493 e. The summed E-state index contributed by atoms with van der Waals surface area (Å²) in [5.74, 6) is -2.09. The van der Waals surface area contributed by atoms with Crippen LogP contribution in [0.4, 0.5) is 0 Å². The van der Waals surface area contributed by atoms with Crippen LogP contribution in [0.15, 0.2) is 72.9 Å². The maximum atomic E-state index is 13.1. The number of aromatic nitrogens is 1. The number of esters is 2. The Hall–Kier alpha value is -4.40. The number of carbonyl (C=O) groups is 3. The minimum absolute atomic E-state index is 0.0174. The molecule has 0 aliphatic carbocycles. The highest BCUT2D eigenvalue weighted by Crippen LogP contribution is 2.31. The van der Waals surface area contributed by atoms with E-state index in [2.05, 4.69) is 10.3 Å². The molecule has 0 aliphatic heterocycles. The van der Waals surface area contributed by atoms with Crippen molar-refractivity contribution < 1.29 is 33.3 Å². The Morgan fingerprint density at radius 2 is 1.44 bits per heavy atom. The van der Waals surface area contributed by atoms with Crippen molar-refractivity contribution in [2.24, 2.45) is 5.92 Å². The maximum absolute atomic E-state index is 13.1. The molecular formula is C30H34N2O7. The SMILES string of the molecule is COc1ccnc(C(=O)N[C@@H](C)C(=O)OC(C)C(c2ccccc2)c2ccccc2)c1OCOC(=O)C(C)C. The van der Waals surface area contributed by atoms with E-state index in [1.807, 2.05) is 67.6 Å². The molecule has 3 aromatic rings. The van der Waals surface area contributed by atoms with Crippen LogP contribution in [0.25, 0.3) is 0 Å². The van der Waals surface area contributed by atoms with Gasteiger partial charge in [-0.05, 0) is 25.0 Å². The second kappa shape index (κ2) is 13.9. The van der Waals surface area contributed by atoms with E-state index < -0.39 is 36.8 Å². The van der Waals surface area contributed by atoms with E-state index in [1.165, 1.54) is 26.3 Å². The lowest BCUT2D eigenvalue weighted by Gasteiger charge is -2.26. The molecule has 1 heterocycles. The standard InChI is InChI=1S/C30H34N2O7/c1-19(2)29(34)38-18-37-27-24(36-5)16-17-31-26(27)28(33)32-20(3)30(35)39-21(4)25(22-12-8-6-9-13-22)23-14-10-7-11-15-23/h6-17,19-21,25H,18H2,1-5H3,(H,32,33)/t20-,21?/m0/s1. The predicted molar refractivity (Wildman–Crippen MR) is 144 cm³/mol. The fourth-order valence-corrected chi connectivity index (χ4v) is 3.94. The molecule has 0 bridgehead atoms. The summed E-state index contributed by atoms with van der Waals surface area (Å²) in [6.45, 7) is 6.29. The first-order valence-electron chi connectivity index (χ1n) is 12.7. The predicted octanol–water partition coefficient (Wildman–Crippen LogP) is 4.51. The van der Waals surface area contributed by atoms with Crippen LogP contribution in [0.5, 0.6) is 11.5 Å². The number of hydrogen-bond donors (Lipinski definition) is 1. The Morgan fingerprint density at radius 1 is 0.846 bits per heavy atom. The van der Waals surface area contributed by atoms with Gasteiger partial charge in [0.05, 0.1) is 13.0 Å². The number of carbonyl (C=O) groups excluding carboxylic acids is 3. The summed E-state index contributed by atoms with van der Waals surface area (Å²) < 4.78 is 21.7. The molecule has 1 unspecified atom stereocenters. The molecule has 3 rings (SSSR count). The van der Waals surface area contributed by atoms with Gasteiger partial charge in [0.1, 0.15) is 12.1 Å². The Morgan fingerprint density at radius 3 is 1.97 bits per heavy atom. The fraction of sp³-hybridized carbons (Fsp3) is 0.333. The van der Waals surface area contributed by atoms with E-state index in [-0.39, 0.29) is 29.0 Å². The van der Waals surface area contributed by atoms with Crippen molar-refractivity contribution in [2.45, 2.75) is 45.8 Å². The zero-order valence-electron chi connectivity index (χ0n) is 22.7. The lowest BCUT2D eigenvalue weighted by atomic mass is 9.87. The molecular weight excluding hydrogens is 500 g/mol. The molecule has 2 aromatic carbocycles. The van der Waals surface area contributed by atoms with Gasteiger partial charge in [-0.3, -0.25) is 9.59 Å². The van der Waals surface area contributed by atoms with Crippen LogP contribution >= 0.6 is 0 Å². The van der Waals surface area contributed by atoms with Gasteiger partial charge in [0.15, 0.2) is 17.2 Å². The molecule has 0 aliphatic rings. The van der Waals surface area contributed by atoms with Crippen molar-refractivity contribution in [3.8, 4) is 11.5 Å². The summed E-state index contributed by atoms with van der Waals surface area (Å²) in [4.78, 5) is 42.0. The largest absolute Gasteiger partial charge is 0.493 e. The minimum atomic E-state index is -0.994. The summed E-state index contributed by atoms with van der Waals surface area (Å²) >= 11 is 0. The second-order valence-electron chi connectivity index (χ2n) is 9.21. The topological polar surface area (TPSA) is 113 Å². The molecule has 1 aromatic heterocycles. The average Bonchev–Trinajstić information content (AvgIpc) is 2.94. The highest BCUT2D eigenvalue weighted by molar-refractivity contribution is 5.98. The first-order valence-corrected chi connectivity index (χ1v) is 12.7. The third kappa shape index (κ3) is 7.80. The van der Waals surface area contributed by atoms with Gasteiger partial charge in [-0.1, -0.05) is 74.5 Å². The van der Waals surface area contributed by atoms with Crippen LogP contribution in [0.3, 0.4) is 0 Å². The normalized spacial score (nSPS) is 12.4. The van der Waals surface area contributed by atoms with Crippen LogP contribution in [0.2, 0.25) is 0 Å². The molecule has 2 atom stereocenters. The van der Waals surface area contributed by atoms with Crippen molar-refractivity contribution in [1.29, 1.82) is 0 Å². The first-order chi connectivity index (χ1) is 18.7. The van der Waals surface area contributed by atoms with E-state index in [9.17, 15) is 14.4 Å². The highest BCUT2D eigenvalue weighted by atomic mass is 16.7. The van der Waals surface area contributed by atoms with Gasteiger partial charge in [0, 0.05) is 18.2 Å². The van der Waals surface area contributed by atoms with E-state index >= 15 is 0 Å². The molecule has 0 fully saturated rings. The summed E-state index contributed by atoms with van der Waals surface area (Å²) in [6.07, 6.45) is 0.849. The zero-order chi connectivity index (χ0) is 28.4. The van der Waals surface area contributed by atoms with Gasteiger partial charge in [-0.2, -0.15) is 0 Å². The van der Waals surface area contributed by atoms with Crippen molar-refractivity contribution in [1.82, 2.24) is 10.3 Å². The Kier molecular flexibility index (Phi) is 10.4. The maximum Gasteiger partial charge on any atom is 0.328 e. The highest BCUT2D eigenvalue weighted by Gasteiger charge is 2.29. The number of nitrogens with one attached hydrogen (secondary N) is 1. The number of ether oxygens (including phenoxy) is 4. The van der Waals surface area contributed by atoms with Crippen LogP contribution < -0.4 is 14.8 Å². The third-order valence-corrected chi connectivity index (χ3v) is 5.97. The average molecular weight is 535 g/mol.